The molecule has 8 nitrogen and oxygen atoms in total. The number of amides is 1. The van der Waals surface area contributed by atoms with E-state index in [1.807, 2.05) is 29.4 Å². The van der Waals surface area contributed by atoms with E-state index in [9.17, 15) is 4.79 Å². The van der Waals surface area contributed by atoms with Crippen LogP contribution in [0.5, 0.6) is 0 Å². The van der Waals surface area contributed by atoms with Crippen molar-refractivity contribution in [1.29, 1.82) is 0 Å². The van der Waals surface area contributed by atoms with Crippen LogP contribution >= 0.6 is 0 Å². The zero-order chi connectivity index (χ0) is 19.7. The molecule has 1 aromatic rings. The van der Waals surface area contributed by atoms with Crippen molar-refractivity contribution in [3.8, 4) is 0 Å². The van der Waals surface area contributed by atoms with Gasteiger partial charge >= 0.3 is 6.09 Å². The summed E-state index contributed by atoms with van der Waals surface area (Å²) in [4.78, 5) is 23.3. The molecule has 0 N–H and O–H groups in total. The highest BCUT2D eigenvalue weighted by Gasteiger charge is 2.42. The lowest BCUT2D eigenvalue weighted by atomic mass is 10.0. The van der Waals surface area contributed by atoms with Crippen molar-refractivity contribution in [2.24, 2.45) is 0 Å². The van der Waals surface area contributed by atoms with Crippen molar-refractivity contribution in [2.75, 3.05) is 57.4 Å². The van der Waals surface area contributed by atoms with E-state index >= 15 is 0 Å². The molecular formula is C21H30N4O4. The first-order valence-corrected chi connectivity index (χ1v) is 10.8. The number of aromatic nitrogens is 1. The molecule has 1 atom stereocenters. The minimum absolute atomic E-state index is 0.0415. The summed E-state index contributed by atoms with van der Waals surface area (Å²) in [5.41, 5.74) is 1.21. The van der Waals surface area contributed by atoms with Gasteiger partial charge in [0.1, 0.15) is 6.10 Å². The number of rotatable bonds is 4. The Hall–Kier alpha value is -1.90. The number of nitrogens with zero attached hydrogens (tertiary/aromatic N) is 4. The molecule has 0 saturated carbocycles. The molecule has 0 bridgehead atoms. The number of hydrogen-bond donors (Lipinski definition) is 0. The van der Waals surface area contributed by atoms with Crippen LogP contribution in [0.25, 0.3) is 0 Å². The maximum absolute atomic E-state index is 12.5. The highest BCUT2D eigenvalue weighted by molar-refractivity contribution is 5.70. The molecule has 0 radical (unpaired) electrons. The summed E-state index contributed by atoms with van der Waals surface area (Å²) in [5, 5.41) is 0. The number of anilines is 1. The quantitative estimate of drug-likeness (QED) is 0.760. The molecule has 4 aliphatic rings. The highest BCUT2D eigenvalue weighted by Crippen LogP contribution is 2.32. The molecule has 5 heterocycles. The predicted molar refractivity (Wildman–Crippen MR) is 107 cm³/mol. The first kappa shape index (κ1) is 19.1. The van der Waals surface area contributed by atoms with E-state index in [4.69, 9.17) is 14.2 Å². The van der Waals surface area contributed by atoms with Crippen LogP contribution in [0.15, 0.2) is 24.5 Å². The summed E-state index contributed by atoms with van der Waals surface area (Å²) >= 11 is 0. The van der Waals surface area contributed by atoms with Gasteiger partial charge in [0.05, 0.1) is 19.8 Å². The topological polar surface area (TPSA) is 67.4 Å². The number of cyclic esters (lactones) is 1. The molecule has 5 rings (SSSR count). The van der Waals surface area contributed by atoms with E-state index in [0.717, 1.165) is 58.4 Å². The smallest absolute Gasteiger partial charge is 0.410 e. The number of likely N-dealkylation sites (tertiary alicyclic amines) is 1. The second kappa shape index (κ2) is 8.08. The van der Waals surface area contributed by atoms with E-state index in [2.05, 4.69) is 14.8 Å². The Labute approximate surface area is 171 Å². The van der Waals surface area contributed by atoms with Crippen LogP contribution < -0.4 is 4.90 Å². The first-order chi connectivity index (χ1) is 14.2. The van der Waals surface area contributed by atoms with Crippen LogP contribution in [0.2, 0.25) is 0 Å². The number of carbonyl (C=O) groups is 1. The second-order valence-electron chi connectivity index (χ2n) is 8.49. The predicted octanol–water partition coefficient (Wildman–Crippen LogP) is 1.71. The number of hydrogen-bond acceptors (Lipinski definition) is 7. The third-order valence-corrected chi connectivity index (χ3v) is 6.73. The SMILES string of the molecule is O=C1OC(CN2CCC3(CC2)OCCO3)CN1C1CCN(c2ccncc2)CC1. The molecule has 1 amide bonds. The molecule has 4 aliphatic heterocycles. The zero-order valence-corrected chi connectivity index (χ0v) is 16.9. The molecule has 1 unspecified atom stereocenters. The van der Waals surface area contributed by atoms with Crippen LogP contribution in [0.3, 0.4) is 0 Å². The van der Waals surface area contributed by atoms with Gasteiger partial charge < -0.3 is 24.0 Å². The summed E-state index contributed by atoms with van der Waals surface area (Å²) in [6, 6.07) is 4.37. The van der Waals surface area contributed by atoms with Crippen LogP contribution in [0.4, 0.5) is 10.5 Å². The Morgan fingerprint density at radius 3 is 2.41 bits per heavy atom. The Bertz CT molecular complexity index is 694. The highest BCUT2D eigenvalue weighted by atomic mass is 16.7. The number of ether oxygens (including phenoxy) is 3. The molecule has 4 fully saturated rings. The zero-order valence-electron chi connectivity index (χ0n) is 16.9. The lowest BCUT2D eigenvalue weighted by molar-refractivity contribution is -0.186. The van der Waals surface area contributed by atoms with Crippen molar-refractivity contribution >= 4 is 11.8 Å². The summed E-state index contributed by atoms with van der Waals surface area (Å²) in [6.45, 7) is 6.68. The van der Waals surface area contributed by atoms with Crippen molar-refractivity contribution in [2.45, 2.75) is 43.6 Å². The fourth-order valence-corrected chi connectivity index (χ4v) is 5.08. The van der Waals surface area contributed by atoms with Crippen LogP contribution in [-0.4, -0.2) is 91.3 Å². The normalized spacial score (nSPS) is 28.3. The van der Waals surface area contributed by atoms with Crippen molar-refractivity contribution in [3.63, 3.8) is 0 Å². The fourth-order valence-electron chi connectivity index (χ4n) is 5.08. The average Bonchev–Trinajstić information content (AvgIpc) is 3.37. The Kier molecular flexibility index (Phi) is 5.32. The first-order valence-electron chi connectivity index (χ1n) is 10.8. The Morgan fingerprint density at radius 2 is 1.72 bits per heavy atom. The number of pyridine rings is 1. The van der Waals surface area contributed by atoms with Gasteiger partial charge in [0.15, 0.2) is 5.79 Å². The molecule has 1 spiro atoms. The largest absolute Gasteiger partial charge is 0.443 e. The molecule has 29 heavy (non-hydrogen) atoms. The number of piperidine rings is 2. The van der Waals surface area contributed by atoms with E-state index < -0.39 is 0 Å². The third-order valence-electron chi connectivity index (χ3n) is 6.73. The lowest BCUT2D eigenvalue weighted by Crippen LogP contribution is -2.48. The molecule has 0 aromatic carbocycles. The summed E-state index contributed by atoms with van der Waals surface area (Å²) < 4.78 is 17.3. The van der Waals surface area contributed by atoms with Gasteiger partial charge in [-0.05, 0) is 25.0 Å². The van der Waals surface area contributed by atoms with Gasteiger partial charge in [0, 0.05) is 69.7 Å². The lowest BCUT2D eigenvalue weighted by Gasteiger charge is -2.38. The van der Waals surface area contributed by atoms with Crippen molar-refractivity contribution in [1.82, 2.24) is 14.8 Å². The number of carbonyl (C=O) groups excluding carboxylic acids is 1. The van der Waals surface area contributed by atoms with Gasteiger partial charge in [-0.1, -0.05) is 0 Å². The van der Waals surface area contributed by atoms with Gasteiger partial charge in [0.25, 0.3) is 0 Å². The van der Waals surface area contributed by atoms with E-state index in [0.29, 0.717) is 19.8 Å². The Balaban J connectivity index is 1.10. The van der Waals surface area contributed by atoms with Crippen LogP contribution in [0.1, 0.15) is 25.7 Å². The monoisotopic (exact) mass is 402 g/mol. The average molecular weight is 402 g/mol. The minimum atomic E-state index is -0.350. The van der Waals surface area contributed by atoms with Gasteiger partial charge in [0.2, 0.25) is 0 Å². The molecule has 1 aromatic heterocycles. The fraction of sp³-hybridized carbons (Fsp3) is 0.714. The molecular weight excluding hydrogens is 372 g/mol. The Morgan fingerprint density at radius 1 is 1.03 bits per heavy atom. The standard InChI is InChI=1S/C21H30N4O4/c26-20-25(18-3-9-24(10-4-18)17-1-7-22-8-2-17)16-19(29-20)15-23-11-5-21(6-12-23)27-13-14-28-21/h1-2,7-8,18-19H,3-6,9-16H2. The van der Waals surface area contributed by atoms with Crippen molar-refractivity contribution < 1.29 is 19.0 Å². The maximum atomic E-state index is 12.5. The second-order valence-corrected chi connectivity index (χ2v) is 8.49. The summed E-state index contributed by atoms with van der Waals surface area (Å²) in [7, 11) is 0. The summed E-state index contributed by atoms with van der Waals surface area (Å²) in [5.74, 6) is -0.350. The van der Waals surface area contributed by atoms with Gasteiger partial charge in [-0.15, -0.1) is 0 Å². The van der Waals surface area contributed by atoms with Gasteiger partial charge in [-0.2, -0.15) is 0 Å². The molecule has 8 heteroatoms. The third kappa shape index (κ3) is 4.06. The van der Waals surface area contributed by atoms with E-state index in [-0.39, 0.29) is 24.0 Å². The molecule has 158 valence electrons. The van der Waals surface area contributed by atoms with Crippen molar-refractivity contribution in [3.05, 3.63) is 24.5 Å². The molecule has 4 saturated heterocycles. The van der Waals surface area contributed by atoms with Gasteiger partial charge in [-0.25, -0.2) is 4.79 Å². The van der Waals surface area contributed by atoms with E-state index in [1.54, 1.807) is 0 Å². The minimum Gasteiger partial charge on any atom is -0.443 e. The van der Waals surface area contributed by atoms with E-state index in [1.165, 1.54) is 5.69 Å². The van der Waals surface area contributed by atoms with Crippen LogP contribution in [-0.2, 0) is 14.2 Å². The van der Waals surface area contributed by atoms with Gasteiger partial charge in [-0.3, -0.25) is 9.88 Å². The van der Waals surface area contributed by atoms with Crippen LogP contribution in [0, 0.1) is 0 Å². The maximum Gasteiger partial charge on any atom is 0.410 e. The summed E-state index contributed by atoms with van der Waals surface area (Å²) in [6.07, 6.45) is 7.22. The molecule has 0 aliphatic carbocycles.